The molecule has 0 fully saturated rings. The fraction of sp³-hybridized carbons (Fsp3) is 0.333. The molecular formula is C15H14BrF3N2O5. The van der Waals surface area contributed by atoms with Gasteiger partial charge in [-0.05, 0) is 22.0 Å². The number of β-amino-alcohol motifs (C(OH)–C–C–N with tert-alkyl or cyclic N) is 1. The number of nitrogens with zero attached hydrogens (tertiary/aromatic N) is 1. The first-order chi connectivity index (χ1) is 12.3. The largest absolute Gasteiger partial charge is 0.466 e. The molecule has 1 aliphatic heterocycles. The van der Waals surface area contributed by atoms with Crippen LogP contribution in [0.2, 0.25) is 0 Å². The number of nitrogens with one attached hydrogen (secondary N) is 1. The Morgan fingerprint density at radius 3 is 2.73 bits per heavy atom. The van der Waals surface area contributed by atoms with Crippen molar-refractivity contribution in [3.63, 3.8) is 0 Å². The van der Waals surface area contributed by atoms with E-state index in [1.54, 1.807) is 0 Å². The molecule has 0 saturated carbocycles. The average Bonchev–Trinajstić information content (AvgIpc) is 2.88. The van der Waals surface area contributed by atoms with Gasteiger partial charge in [0.2, 0.25) is 0 Å². The Hall–Kier alpha value is -2.27. The molecule has 1 amide bonds. The molecule has 1 heterocycles. The van der Waals surface area contributed by atoms with E-state index in [-0.39, 0.29) is 41.1 Å². The standard InChI is InChI=1S/C15H14BrF3N2O5/c1-25-14(24)7-6-21(2-3-22)13(23)12(7)20-10-4-8(16)11(5-9(10)17)26-15(18)19/h4-5,15,20,22H,2-3,6H2,1H3. The van der Waals surface area contributed by atoms with Gasteiger partial charge in [-0.2, -0.15) is 8.78 Å². The van der Waals surface area contributed by atoms with Gasteiger partial charge in [0.1, 0.15) is 17.3 Å². The van der Waals surface area contributed by atoms with E-state index in [2.05, 4.69) is 30.7 Å². The number of anilines is 1. The van der Waals surface area contributed by atoms with Gasteiger partial charge in [0.05, 0.1) is 36.0 Å². The number of aliphatic hydroxyl groups excluding tert-OH is 1. The molecular weight excluding hydrogens is 425 g/mol. The van der Waals surface area contributed by atoms with E-state index in [9.17, 15) is 22.8 Å². The number of rotatable bonds is 7. The highest BCUT2D eigenvalue weighted by Crippen LogP contribution is 2.33. The van der Waals surface area contributed by atoms with Gasteiger partial charge in [-0.25, -0.2) is 9.18 Å². The molecule has 2 rings (SSSR count). The summed E-state index contributed by atoms with van der Waals surface area (Å²) in [5.41, 5.74) is -0.512. The first-order valence-electron chi connectivity index (χ1n) is 7.21. The van der Waals surface area contributed by atoms with Gasteiger partial charge >= 0.3 is 12.6 Å². The second-order valence-corrected chi connectivity index (χ2v) is 5.92. The van der Waals surface area contributed by atoms with Gasteiger partial charge in [0.15, 0.2) is 0 Å². The lowest BCUT2D eigenvalue weighted by Gasteiger charge is -2.15. The van der Waals surface area contributed by atoms with Crippen LogP contribution in [0.1, 0.15) is 0 Å². The minimum absolute atomic E-state index is 0.0135. The van der Waals surface area contributed by atoms with Crippen molar-refractivity contribution in [1.29, 1.82) is 0 Å². The van der Waals surface area contributed by atoms with Crippen LogP contribution in [0.3, 0.4) is 0 Å². The normalized spacial score (nSPS) is 14.3. The molecule has 0 bridgehead atoms. The minimum Gasteiger partial charge on any atom is -0.466 e. The number of carbonyl (C=O) groups is 2. The van der Waals surface area contributed by atoms with Crippen molar-refractivity contribution in [2.75, 3.05) is 32.1 Å². The lowest BCUT2D eigenvalue weighted by Crippen LogP contribution is -2.31. The molecule has 0 atom stereocenters. The highest BCUT2D eigenvalue weighted by atomic mass is 79.9. The molecule has 0 saturated heterocycles. The molecule has 0 unspecified atom stereocenters. The van der Waals surface area contributed by atoms with Crippen LogP contribution in [-0.4, -0.2) is 55.3 Å². The van der Waals surface area contributed by atoms with Gasteiger partial charge in [0, 0.05) is 12.6 Å². The Morgan fingerprint density at radius 1 is 1.46 bits per heavy atom. The molecule has 142 valence electrons. The monoisotopic (exact) mass is 438 g/mol. The summed E-state index contributed by atoms with van der Waals surface area (Å²) in [6.07, 6.45) is 0. The molecule has 26 heavy (non-hydrogen) atoms. The third kappa shape index (κ3) is 4.28. The fourth-order valence-corrected chi connectivity index (χ4v) is 2.73. The van der Waals surface area contributed by atoms with Crippen LogP contribution in [0.5, 0.6) is 5.75 Å². The maximum absolute atomic E-state index is 14.2. The number of halogens is 4. The number of carbonyl (C=O) groups excluding carboxylic acids is 2. The minimum atomic E-state index is -3.14. The van der Waals surface area contributed by atoms with Gasteiger partial charge in [-0.15, -0.1) is 0 Å². The van der Waals surface area contributed by atoms with Gasteiger partial charge < -0.3 is 24.8 Å². The first kappa shape index (κ1) is 20.0. The topological polar surface area (TPSA) is 88.1 Å². The summed E-state index contributed by atoms with van der Waals surface area (Å²) >= 11 is 2.97. The molecule has 11 heteroatoms. The number of ether oxygens (including phenoxy) is 2. The van der Waals surface area contributed by atoms with E-state index in [0.717, 1.165) is 13.2 Å². The summed E-state index contributed by atoms with van der Waals surface area (Å²) in [5.74, 6) is -2.83. The summed E-state index contributed by atoms with van der Waals surface area (Å²) in [7, 11) is 1.12. The molecule has 0 spiro atoms. The summed E-state index contributed by atoms with van der Waals surface area (Å²) in [5, 5.41) is 11.5. The zero-order valence-electron chi connectivity index (χ0n) is 13.4. The quantitative estimate of drug-likeness (QED) is 0.631. The Labute approximate surface area is 154 Å². The third-order valence-corrected chi connectivity index (χ3v) is 4.07. The fourth-order valence-electron chi connectivity index (χ4n) is 2.29. The van der Waals surface area contributed by atoms with Crippen LogP contribution in [0.25, 0.3) is 0 Å². The highest BCUT2D eigenvalue weighted by molar-refractivity contribution is 9.10. The molecule has 0 radical (unpaired) electrons. The maximum Gasteiger partial charge on any atom is 0.387 e. The van der Waals surface area contributed by atoms with Crippen LogP contribution in [0.4, 0.5) is 18.9 Å². The number of hydrogen-bond acceptors (Lipinski definition) is 6. The van der Waals surface area contributed by atoms with Gasteiger partial charge in [-0.3, -0.25) is 4.79 Å². The van der Waals surface area contributed by atoms with Crippen molar-refractivity contribution in [2.24, 2.45) is 0 Å². The van der Waals surface area contributed by atoms with Crippen molar-refractivity contribution in [1.82, 2.24) is 4.90 Å². The lowest BCUT2D eigenvalue weighted by molar-refractivity contribution is -0.136. The zero-order chi connectivity index (χ0) is 19.4. The second kappa shape index (κ2) is 8.41. The summed E-state index contributed by atoms with van der Waals surface area (Å²) in [4.78, 5) is 25.4. The van der Waals surface area contributed by atoms with Crippen molar-refractivity contribution in [3.05, 3.63) is 33.7 Å². The summed E-state index contributed by atoms with van der Waals surface area (Å²) in [6.45, 7) is -3.61. The first-order valence-corrected chi connectivity index (χ1v) is 8.00. The molecule has 2 N–H and O–H groups in total. The van der Waals surface area contributed by atoms with Crippen molar-refractivity contribution < 1.29 is 37.3 Å². The molecule has 1 aromatic rings. The van der Waals surface area contributed by atoms with E-state index in [1.807, 2.05) is 0 Å². The molecule has 1 aromatic carbocycles. The number of methoxy groups -OCH3 is 1. The number of hydrogen-bond donors (Lipinski definition) is 2. The predicted octanol–water partition coefficient (Wildman–Crippen LogP) is 1.86. The number of aliphatic hydroxyl groups is 1. The molecule has 0 aromatic heterocycles. The summed E-state index contributed by atoms with van der Waals surface area (Å²) < 4.78 is 47.6. The number of amides is 1. The Morgan fingerprint density at radius 2 is 2.15 bits per heavy atom. The van der Waals surface area contributed by atoms with Crippen LogP contribution in [0, 0.1) is 5.82 Å². The maximum atomic E-state index is 14.2. The Kier molecular flexibility index (Phi) is 6.48. The highest BCUT2D eigenvalue weighted by Gasteiger charge is 2.35. The smallest absolute Gasteiger partial charge is 0.387 e. The Balaban J connectivity index is 2.36. The lowest BCUT2D eigenvalue weighted by atomic mass is 10.2. The van der Waals surface area contributed by atoms with Crippen molar-refractivity contribution in [3.8, 4) is 5.75 Å². The van der Waals surface area contributed by atoms with Gasteiger partial charge in [0.25, 0.3) is 5.91 Å². The van der Waals surface area contributed by atoms with E-state index >= 15 is 0 Å². The SMILES string of the molecule is COC(=O)C1=C(Nc2cc(Br)c(OC(F)F)cc2F)C(=O)N(CCO)C1. The second-order valence-electron chi connectivity index (χ2n) is 5.06. The van der Waals surface area contributed by atoms with Crippen LogP contribution in [-0.2, 0) is 14.3 Å². The third-order valence-electron chi connectivity index (χ3n) is 3.45. The molecule has 0 aliphatic carbocycles. The van der Waals surface area contributed by atoms with Crippen LogP contribution >= 0.6 is 15.9 Å². The van der Waals surface area contributed by atoms with E-state index < -0.39 is 30.1 Å². The average molecular weight is 439 g/mol. The van der Waals surface area contributed by atoms with Crippen LogP contribution in [0.15, 0.2) is 27.9 Å². The van der Waals surface area contributed by atoms with Gasteiger partial charge in [-0.1, -0.05) is 0 Å². The number of esters is 1. The van der Waals surface area contributed by atoms with Crippen molar-refractivity contribution in [2.45, 2.75) is 6.61 Å². The number of benzene rings is 1. The predicted molar refractivity (Wildman–Crippen MR) is 87.1 cm³/mol. The van der Waals surface area contributed by atoms with E-state index in [4.69, 9.17) is 5.11 Å². The zero-order valence-corrected chi connectivity index (χ0v) is 15.0. The number of alkyl halides is 2. The molecule has 1 aliphatic rings. The Bertz CT molecular complexity index is 757. The van der Waals surface area contributed by atoms with Crippen molar-refractivity contribution >= 4 is 33.5 Å². The molecule has 7 nitrogen and oxygen atoms in total. The van der Waals surface area contributed by atoms with E-state index in [0.29, 0.717) is 6.07 Å². The van der Waals surface area contributed by atoms with E-state index in [1.165, 1.54) is 4.90 Å². The summed E-state index contributed by atoms with van der Waals surface area (Å²) in [6, 6.07) is 1.80. The van der Waals surface area contributed by atoms with Crippen LogP contribution < -0.4 is 10.1 Å².